The van der Waals surface area contributed by atoms with Crippen LogP contribution in [0.4, 0.5) is 0 Å². The molecule has 0 fully saturated rings. The predicted octanol–water partition coefficient (Wildman–Crippen LogP) is 5.74. The van der Waals surface area contributed by atoms with Crippen molar-refractivity contribution in [2.75, 3.05) is 0 Å². The van der Waals surface area contributed by atoms with E-state index >= 15 is 0 Å². The number of nitrogens with two attached hydrogens (primary N) is 1. The fraction of sp³-hybridized carbons (Fsp3) is 0.409. The summed E-state index contributed by atoms with van der Waals surface area (Å²) in [6.45, 7) is 6.42. The zero-order chi connectivity index (χ0) is 17.5. The molecule has 24 heavy (non-hydrogen) atoms. The Morgan fingerprint density at radius 3 is 2.62 bits per heavy atom. The van der Waals surface area contributed by atoms with Gasteiger partial charge in [0.2, 0.25) is 5.91 Å². The average Bonchev–Trinajstić information content (AvgIpc) is 2.60. The van der Waals surface area contributed by atoms with Crippen LogP contribution in [0.1, 0.15) is 73.9 Å². The Balaban J connectivity index is 2.56. The Bertz CT molecular complexity index is 730. The van der Waals surface area contributed by atoms with Crippen LogP contribution in [0.25, 0.3) is 10.8 Å². The van der Waals surface area contributed by atoms with Gasteiger partial charge in [-0.3, -0.25) is 4.79 Å². The van der Waals surface area contributed by atoms with Gasteiger partial charge >= 0.3 is 0 Å². The van der Waals surface area contributed by atoms with Crippen LogP contribution in [0, 0.1) is 0 Å². The van der Waals surface area contributed by atoms with E-state index in [-0.39, 0.29) is 5.91 Å². The minimum Gasteiger partial charge on any atom is -0.366 e. The van der Waals surface area contributed by atoms with Crippen molar-refractivity contribution in [2.24, 2.45) is 5.73 Å². The lowest BCUT2D eigenvalue weighted by Gasteiger charge is -2.23. The molecule has 0 saturated carbocycles. The largest absolute Gasteiger partial charge is 0.366 e. The number of amides is 1. The third kappa shape index (κ3) is 3.87. The van der Waals surface area contributed by atoms with Gasteiger partial charge in [-0.25, -0.2) is 0 Å². The minimum absolute atomic E-state index is 0.302. The number of unbranched alkanes of at least 4 members (excludes halogenated alkanes) is 1. The first-order chi connectivity index (χ1) is 11.6. The molecule has 0 spiro atoms. The second-order valence-electron chi connectivity index (χ2n) is 6.37. The quantitative estimate of drug-likeness (QED) is 0.488. The predicted molar refractivity (Wildman–Crippen MR) is 104 cm³/mol. The van der Waals surface area contributed by atoms with Crippen molar-refractivity contribution in [3.05, 3.63) is 59.2 Å². The Hall–Kier alpha value is -2.09. The highest BCUT2D eigenvalue weighted by Crippen LogP contribution is 2.36. The summed E-state index contributed by atoms with van der Waals surface area (Å²) in [7, 11) is 0. The fourth-order valence-corrected chi connectivity index (χ4v) is 3.65. The highest BCUT2D eigenvalue weighted by atomic mass is 16.1. The number of hydrogen-bond donors (Lipinski definition) is 1. The molecule has 0 aromatic heterocycles. The van der Waals surface area contributed by atoms with Crippen molar-refractivity contribution < 1.29 is 4.79 Å². The zero-order valence-electron chi connectivity index (χ0n) is 15.1. The van der Waals surface area contributed by atoms with Gasteiger partial charge in [0.25, 0.3) is 0 Å². The minimum atomic E-state index is -0.302. The van der Waals surface area contributed by atoms with E-state index in [9.17, 15) is 4.79 Å². The van der Waals surface area contributed by atoms with Gasteiger partial charge in [0.1, 0.15) is 0 Å². The average molecular weight is 323 g/mol. The SMILES string of the molecule is C/C=C/CCCC(CC)c1c(CC)cc2ccccc2c1C(N)=O. The van der Waals surface area contributed by atoms with Crippen LogP contribution in [0.15, 0.2) is 42.5 Å². The van der Waals surface area contributed by atoms with E-state index in [0.717, 1.165) is 48.4 Å². The monoisotopic (exact) mass is 323 g/mol. The Morgan fingerprint density at radius 2 is 2.00 bits per heavy atom. The molecule has 0 radical (unpaired) electrons. The first kappa shape index (κ1) is 18.3. The second kappa shape index (κ2) is 8.68. The number of carbonyl (C=O) groups excluding carboxylic acids is 1. The molecule has 2 N–H and O–H groups in total. The van der Waals surface area contributed by atoms with Gasteiger partial charge in [0, 0.05) is 0 Å². The number of carbonyl (C=O) groups is 1. The fourth-order valence-electron chi connectivity index (χ4n) is 3.65. The summed E-state index contributed by atoms with van der Waals surface area (Å²) in [6, 6.07) is 10.3. The summed E-state index contributed by atoms with van der Waals surface area (Å²) >= 11 is 0. The first-order valence-corrected chi connectivity index (χ1v) is 9.09. The van der Waals surface area contributed by atoms with Crippen molar-refractivity contribution in [1.82, 2.24) is 0 Å². The summed E-state index contributed by atoms with van der Waals surface area (Å²) in [5.74, 6) is 0.0840. The van der Waals surface area contributed by atoms with E-state index < -0.39 is 0 Å². The molecule has 0 bridgehead atoms. The van der Waals surface area contributed by atoms with Crippen LogP contribution >= 0.6 is 0 Å². The summed E-state index contributed by atoms with van der Waals surface area (Å²) in [5, 5.41) is 2.10. The molecule has 2 rings (SSSR count). The number of fused-ring (bicyclic) bond motifs is 1. The normalized spacial score (nSPS) is 12.8. The van der Waals surface area contributed by atoms with Crippen LogP contribution < -0.4 is 5.73 Å². The zero-order valence-corrected chi connectivity index (χ0v) is 15.1. The van der Waals surface area contributed by atoms with Gasteiger partial charge in [0.05, 0.1) is 5.56 Å². The van der Waals surface area contributed by atoms with E-state index in [1.54, 1.807) is 0 Å². The number of allylic oxidation sites excluding steroid dienone is 2. The Labute approximate surface area is 145 Å². The van der Waals surface area contributed by atoms with Gasteiger partial charge < -0.3 is 5.73 Å². The van der Waals surface area contributed by atoms with Crippen molar-refractivity contribution in [3.8, 4) is 0 Å². The lowest BCUT2D eigenvalue weighted by Crippen LogP contribution is -2.18. The Kier molecular flexibility index (Phi) is 6.60. The molecule has 2 aromatic rings. The third-order valence-electron chi connectivity index (χ3n) is 4.86. The lowest BCUT2D eigenvalue weighted by molar-refractivity contribution is 0.100. The van der Waals surface area contributed by atoms with E-state index in [0.29, 0.717) is 5.92 Å². The number of primary amides is 1. The van der Waals surface area contributed by atoms with Crippen LogP contribution in [0.5, 0.6) is 0 Å². The molecule has 2 heteroatoms. The highest BCUT2D eigenvalue weighted by molar-refractivity contribution is 6.08. The van der Waals surface area contributed by atoms with Crippen LogP contribution in [-0.2, 0) is 6.42 Å². The van der Waals surface area contributed by atoms with E-state index in [1.807, 2.05) is 18.2 Å². The van der Waals surface area contributed by atoms with Gasteiger partial charge in [-0.15, -0.1) is 0 Å². The van der Waals surface area contributed by atoms with Crippen LogP contribution in [-0.4, -0.2) is 5.91 Å². The summed E-state index contributed by atoms with van der Waals surface area (Å²) in [4.78, 5) is 12.3. The number of aryl methyl sites for hydroxylation is 1. The van der Waals surface area contributed by atoms with Crippen molar-refractivity contribution in [2.45, 2.75) is 58.8 Å². The topological polar surface area (TPSA) is 43.1 Å². The molecule has 0 aliphatic carbocycles. The molecule has 0 saturated heterocycles. The maximum absolute atomic E-state index is 12.3. The van der Waals surface area contributed by atoms with Gasteiger partial charge in [-0.05, 0) is 66.8 Å². The van der Waals surface area contributed by atoms with Crippen molar-refractivity contribution in [3.63, 3.8) is 0 Å². The maximum atomic E-state index is 12.3. The molecule has 2 nitrogen and oxygen atoms in total. The highest BCUT2D eigenvalue weighted by Gasteiger charge is 2.22. The molecule has 0 heterocycles. The third-order valence-corrected chi connectivity index (χ3v) is 4.86. The molecule has 0 aliphatic heterocycles. The van der Waals surface area contributed by atoms with Gasteiger partial charge in [0.15, 0.2) is 0 Å². The molecule has 2 aromatic carbocycles. The molecular weight excluding hydrogens is 294 g/mol. The van der Waals surface area contributed by atoms with Gasteiger partial charge in [-0.2, -0.15) is 0 Å². The van der Waals surface area contributed by atoms with Crippen molar-refractivity contribution in [1.29, 1.82) is 0 Å². The van der Waals surface area contributed by atoms with Crippen LogP contribution in [0.2, 0.25) is 0 Å². The summed E-state index contributed by atoms with van der Waals surface area (Å²) < 4.78 is 0. The van der Waals surface area contributed by atoms with Crippen LogP contribution in [0.3, 0.4) is 0 Å². The standard InChI is InChI=1S/C22H29NO/c1-4-7-8-9-12-16(5-2)20-17(6-3)15-18-13-10-11-14-19(18)21(20)22(23)24/h4,7,10-11,13-16H,5-6,8-9,12H2,1-3H3,(H2,23,24)/b7-4+. The number of benzene rings is 2. The van der Waals surface area contributed by atoms with Gasteiger partial charge in [-0.1, -0.05) is 56.3 Å². The molecule has 0 aliphatic rings. The smallest absolute Gasteiger partial charge is 0.249 e. The second-order valence-corrected chi connectivity index (χ2v) is 6.37. The molecule has 1 unspecified atom stereocenters. The molecular formula is C22H29NO. The lowest BCUT2D eigenvalue weighted by atomic mass is 9.81. The summed E-state index contributed by atoms with van der Waals surface area (Å²) in [5.41, 5.74) is 9.01. The molecule has 128 valence electrons. The molecule has 1 atom stereocenters. The number of hydrogen-bond acceptors (Lipinski definition) is 1. The maximum Gasteiger partial charge on any atom is 0.249 e. The number of rotatable bonds is 8. The molecule has 1 amide bonds. The van der Waals surface area contributed by atoms with E-state index in [2.05, 4.69) is 45.1 Å². The summed E-state index contributed by atoms with van der Waals surface area (Å²) in [6.07, 6.45) is 9.58. The first-order valence-electron chi connectivity index (χ1n) is 9.09. The van der Waals surface area contributed by atoms with E-state index in [4.69, 9.17) is 5.73 Å². The van der Waals surface area contributed by atoms with E-state index in [1.165, 1.54) is 11.1 Å². The Morgan fingerprint density at radius 1 is 1.25 bits per heavy atom. The van der Waals surface area contributed by atoms with Crippen molar-refractivity contribution >= 4 is 16.7 Å².